The highest BCUT2D eigenvalue weighted by atomic mass is 35.5. The average molecular weight is 195 g/mol. The van der Waals surface area contributed by atoms with Crippen LogP contribution in [0, 0.1) is 35.5 Å². The van der Waals surface area contributed by atoms with Crippen molar-refractivity contribution in [2.75, 3.05) is 0 Å². The Balaban J connectivity index is 1.79. The molecule has 4 bridgehead atoms. The maximum atomic E-state index is 6.39. The van der Waals surface area contributed by atoms with E-state index in [1.807, 2.05) is 0 Å². The van der Waals surface area contributed by atoms with Crippen molar-refractivity contribution in [3.63, 3.8) is 0 Å². The number of halogens is 1. The van der Waals surface area contributed by atoms with Crippen LogP contribution in [0.2, 0.25) is 0 Å². The van der Waals surface area contributed by atoms with Gasteiger partial charge >= 0.3 is 0 Å². The molecule has 3 fully saturated rings. The Morgan fingerprint density at radius 2 is 1.69 bits per heavy atom. The molecule has 0 nitrogen and oxygen atoms in total. The van der Waals surface area contributed by atoms with E-state index in [1.165, 1.54) is 19.3 Å². The van der Waals surface area contributed by atoms with Gasteiger partial charge in [-0.3, -0.25) is 0 Å². The van der Waals surface area contributed by atoms with Gasteiger partial charge in [0.2, 0.25) is 0 Å². The normalized spacial score (nSPS) is 66.4. The third-order valence-electron chi connectivity index (χ3n) is 5.19. The molecule has 0 heterocycles. The van der Waals surface area contributed by atoms with Gasteiger partial charge in [0.05, 0.1) is 0 Å². The molecule has 0 aliphatic heterocycles. The molecule has 4 aliphatic rings. The summed E-state index contributed by atoms with van der Waals surface area (Å²) in [5, 5.41) is 0.527. The molecular weight excluding hydrogens is 180 g/mol. The lowest BCUT2D eigenvalue weighted by Gasteiger charge is -2.34. The van der Waals surface area contributed by atoms with Crippen molar-refractivity contribution in [2.45, 2.75) is 24.6 Å². The first-order valence-electron chi connectivity index (χ1n) is 5.67. The summed E-state index contributed by atoms with van der Waals surface area (Å²) in [5.74, 6) is 5.81. The molecule has 70 valence electrons. The first-order valence-corrected chi connectivity index (χ1v) is 6.10. The standard InChI is InChI=1S/C12H15Cl/c13-10-5-8-4-9(10)12-7-2-1-6(3-7)11(8)12/h1-2,6-12H,3-5H2/t6-,7-,8-,9+,10-,11+,12+/m0/s1. The van der Waals surface area contributed by atoms with Crippen LogP contribution in [0.1, 0.15) is 19.3 Å². The fraction of sp³-hybridized carbons (Fsp3) is 0.833. The Kier molecular flexibility index (Phi) is 1.22. The van der Waals surface area contributed by atoms with Crippen LogP contribution in [-0.2, 0) is 0 Å². The predicted octanol–water partition coefficient (Wildman–Crippen LogP) is 3.07. The van der Waals surface area contributed by atoms with Gasteiger partial charge in [-0.15, -0.1) is 11.6 Å². The van der Waals surface area contributed by atoms with Crippen LogP contribution in [0.25, 0.3) is 0 Å². The number of hydrogen-bond acceptors (Lipinski definition) is 0. The summed E-state index contributed by atoms with van der Waals surface area (Å²) in [7, 11) is 0. The summed E-state index contributed by atoms with van der Waals surface area (Å²) < 4.78 is 0. The van der Waals surface area contributed by atoms with Gasteiger partial charge in [0.25, 0.3) is 0 Å². The van der Waals surface area contributed by atoms with E-state index in [4.69, 9.17) is 11.6 Å². The molecule has 0 aromatic heterocycles. The Bertz CT molecular complexity index is 283. The first kappa shape index (κ1) is 7.34. The van der Waals surface area contributed by atoms with Crippen molar-refractivity contribution in [3.05, 3.63) is 12.2 Å². The SMILES string of the molecule is Cl[C@H]1C[C@@H]2C[C@H]1[C@@H]1[C@@H]2[C@H]2C=C[C@H]1C2. The number of fused-ring (bicyclic) bond motifs is 9. The van der Waals surface area contributed by atoms with Crippen molar-refractivity contribution < 1.29 is 0 Å². The molecule has 7 atom stereocenters. The first-order chi connectivity index (χ1) is 6.34. The molecule has 0 aromatic carbocycles. The second-order valence-electron chi connectivity index (χ2n) is 5.51. The minimum Gasteiger partial charge on any atom is -0.123 e. The molecule has 1 heteroatoms. The fourth-order valence-electron chi connectivity index (χ4n) is 4.94. The van der Waals surface area contributed by atoms with Crippen molar-refractivity contribution in [2.24, 2.45) is 35.5 Å². The molecule has 0 spiro atoms. The quantitative estimate of drug-likeness (QED) is 0.316. The van der Waals surface area contributed by atoms with Gasteiger partial charge in [0.1, 0.15) is 0 Å². The van der Waals surface area contributed by atoms with E-state index in [1.54, 1.807) is 0 Å². The summed E-state index contributed by atoms with van der Waals surface area (Å²) in [6, 6.07) is 0. The highest BCUT2D eigenvalue weighted by molar-refractivity contribution is 6.21. The van der Waals surface area contributed by atoms with Crippen LogP contribution in [0.5, 0.6) is 0 Å². The third kappa shape index (κ3) is 0.719. The van der Waals surface area contributed by atoms with Crippen molar-refractivity contribution >= 4 is 11.6 Å². The lowest BCUT2D eigenvalue weighted by molar-refractivity contribution is 0.209. The van der Waals surface area contributed by atoms with Gasteiger partial charge in [-0.25, -0.2) is 0 Å². The van der Waals surface area contributed by atoms with Crippen molar-refractivity contribution in [1.29, 1.82) is 0 Å². The Morgan fingerprint density at radius 3 is 2.54 bits per heavy atom. The third-order valence-corrected chi connectivity index (χ3v) is 5.69. The molecule has 13 heavy (non-hydrogen) atoms. The van der Waals surface area contributed by atoms with Crippen LogP contribution in [-0.4, -0.2) is 5.38 Å². The number of rotatable bonds is 0. The van der Waals surface area contributed by atoms with Gasteiger partial charge in [-0.2, -0.15) is 0 Å². The van der Waals surface area contributed by atoms with E-state index < -0.39 is 0 Å². The number of allylic oxidation sites excluding steroid dienone is 2. The van der Waals surface area contributed by atoms with E-state index in [-0.39, 0.29) is 0 Å². The Hall–Kier alpha value is 0.0300. The summed E-state index contributed by atoms with van der Waals surface area (Å²) in [6.07, 6.45) is 9.22. The fourth-order valence-corrected chi connectivity index (χ4v) is 5.44. The van der Waals surface area contributed by atoms with Gasteiger partial charge in [-0.05, 0) is 54.8 Å². The van der Waals surface area contributed by atoms with Crippen LogP contribution in [0.4, 0.5) is 0 Å². The maximum absolute atomic E-state index is 6.39. The van der Waals surface area contributed by atoms with Gasteiger partial charge in [0.15, 0.2) is 0 Å². The maximum Gasteiger partial charge on any atom is 0.0370 e. The van der Waals surface area contributed by atoms with Crippen LogP contribution < -0.4 is 0 Å². The molecule has 4 rings (SSSR count). The highest BCUT2D eigenvalue weighted by Crippen LogP contribution is 2.66. The monoisotopic (exact) mass is 194 g/mol. The molecule has 0 aromatic rings. The van der Waals surface area contributed by atoms with E-state index in [0.29, 0.717) is 5.38 Å². The molecular formula is C12H15Cl. The van der Waals surface area contributed by atoms with Crippen molar-refractivity contribution in [1.82, 2.24) is 0 Å². The van der Waals surface area contributed by atoms with E-state index >= 15 is 0 Å². The minimum atomic E-state index is 0.527. The molecule has 0 N–H and O–H groups in total. The van der Waals surface area contributed by atoms with Gasteiger partial charge < -0.3 is 0 Å². The molecule has 0 radical (unpaired) electrons. The number of hydrogen-bond donors (Lipinski definition) is 0. The minimum absolute atomic E-state index is 0.527. The van der Waals surface area contributed by atoms with Crippen LogP contribution in [0.3, 0.4) is 0 Å². The summed E-state index contributed by atoms with van der Waals surface area (Å²) in [4.78, 5) is 0. The van der Waals surface area contributed by atoms with Crippen molar-refractivity contribution in [3.8, 4) is 0 Å². The summed E-state index contributed by atoms with van der Waals surface area (Å²) in [6.45, 7) is 0. The molecule has 0 unspecified atom stereocenters. The van der Waals surface area contributed by atoms with E-state index in [0.717, 1.165) is 35.5 Å². The number of alkyl halides is 1. The topological polar surface area (TPSA) is 0 Å². The predicted molar refractivity (Wildman–Crippen MR) is 53.6 cm³/mol. The second kappa shape index (κ2) is 2.16. The Morgan fingerprint density at radius 1 is 0.923 bits per heavy atom. The average Bonchev–Trinajstić information content (AvgIpc) is 2.78. The van der Waals surface area contributed by atoms with E-state index in [9.17, 15) is 0 Å². The lowest BCUT2D eigenvalue weighted by atomic mass is 9.73. The van der Waals surface area contributed by atoms with Crippen LogP contribution in [0.15, 0.2) is 12.2 Å². The molecule has 3 saturated carbocycles. The highest BCUT2D eigenvalue weighted by Gasteiger charge is 2.60. The summed E-state index contributed by atoms with van der Waals surface area (Å²) in [5.41, 5.74) is 0. The second-order valence-corrected chi connectivity index (χ2v) is 6.07. The molecule has 0 saturated heterocycles. The largest absolute Gasteiger partial charge is 0.123 e. The van der Waals surface area contributed by atoms with Gasteiger partial charge in [0, 0.05) is 5.38 Å². The Labute approximate surface area is 84.3 Å². The molecule has 0 amide bonds. The smallest absolute Gasteiger partial charge is 0.0370 e. The van der Waals surface area contributed by atoms with Gasteiger partial charge in [-0.1, -0.05) is 12.2 Å². The zero-order chi connectivity index (χ0) is 8.58. The van der Waals surface area contributed by atoms with Crippen LogP contribution >= 0.6 is 11.6 Å². The van der Waals surface area contributed by atoms with E-state index in [2.05, 4.69) is 12.2 Å². The summed E-state index contributed by atoms with van der Waals surface area (Å²) >= 11 is 6.39. The zero-order valence-electron chi connectivity index (χ0n) is 7.70. The zero-order valence-corrected chi connectivity index (χ0v) is 8.45. The molecule has 4 aliphatic carbocycles. The lowest BCUT2D eigenvalue weighted by Crippen LogP contribution is -2.31.